The zero-order valence-corrected chi connectivity index (χ0v) is 14.8. The minimum absolute atomic E-state index is 0.0283. The van der Waals surface area contributed by atoms with E-state index in [0.717, 1.165) is 6.54 Å². The van der Waals surface area contributed by atoms with Crippen LogP contribution in [0.25, 0.3) is 11.5 Å². The van der Waals surface area contributed by atoms with E-state index in [1.165, 1.54) is 6.08 Å². The second kappa shape index (κ2) is 6.66. The van der Waals surface area contributed by atoms with Gasteiger partial charge in [0.1, 0.15) is 4.60 Å². The number of ketones is 2. The molecule has 0 spiro atoms. The summed E-state index contributed by atoms with van der Waals surface area (Å²) >= 11 is 3.31. The molecule has 0 unspecified atom stereocenters. The van der Waals surface area contributed by atoms with Crippen molar-refractivity contribution in [1.29, 1.82) is 0 Å². The minimum Gasteiger partial charge on any atom is -0.432 e. The van der Waals surface area contributed by atoms with Gasteiger partial charge in [-0.05, 0) is 42.2 Å². The number of carbonyl (C=O) groups is 2. The average Bonchev–Trinajstić information content (AvgIpc) is 2.98. The van der Waals surface area contributed by atoms with Crippen LogP contribution < -0.4 is 5.32 Å². The molecule has 0 amide bonds. The molecule has 1 N–H and O–H groups in total. The lowest BCUT2D eigenvalue weighted by atomic mass is 10.0. The van der Waals surface area contributed by atoms with Gasteiger partial charge in [-0.15, -0.1) is 0 Å². The second-order valence-corrected chi connectivity index (χ2v) is 6.27. The van der Waals surface area contributed by atoms with E-state index in [1.807, 2.05) is 19.0 Å². The first-order valence-electron chi connectivity index (χ1n) is 7.28. The summed E-state index contributed by atoms with van der Waals surface area (Å²) in [5.41, 5.74) is 0.842. The lowest BCUT2D eigenvalue weighted by Crippen LogP contribution is -2.31. The van der Waals surface area contributed by atoms with E-state index in [2.05, 4.69) is 31.2 Å². The van der Waals surface area contributed by atoms with Gasteiger partial charge in [0.25, 0.3) is 0 Å². The Labute approximate surface area is 146 Å². The van der Waals surface area contributed by atoms with Crippen molar-refractivity contribution in [2.75, 3.05) is 27.2 Å². The summed E-state index contributed by atoms with van der Waals surface area (Å²) < 4.78 is 6.04. The Morgan fingerprint density at radius 1 is 1.33 bits per heavy atom. The van der Waals surface area contributed by atoms with Crippen LogP contribution in [0.3, 0.4) is 0 Å². The molecular formula is C16H15BrN4O3. The molecule has 0 saturated heterocycles. The number of aromatic nitrogens is 2. The molecule has 0 atom stereocenters. The van der Waals surface area contributed by atoms with Gasteiger partial charge in [0.05, 0.1) is 11.3 Å². The molecule has 2 aromatic rings. The molecule has 0 saturated carbocycles. The summed E-state index contributed by atoms with van der Waals surface area (Å²) in [6, 6.07) is 3.46. The Bertz CT molecular complexity index is 842. The third kappa shape index (κ3) is 3.15. The Morgan fingerprint density at radius 3 is 2.83 bits per heavy atom. The fourth-order valence-corrected chi connectivity index (χ4v) is 2.66. The highest BCUT2D eigenvalue weighted by molar-refractivity contribution is 9.10. The first-order valence-corrected chi connectivity index (χ1v) is 8.07. The summed E-state index contributed by atoms with van der Waals surface area (Å²) in [5.74, 6) is -0.581. The van der Waals surface area contributed by atoms with E-state index >= 15 is 0 Å². The van der Waals surface area contributed by atoms with Gasteiger partial charge in [-0.1, -0.05) is 0 Å². The van der Waals surface area contributed by atoms with Crippen LogP contribution in [0.15, 0.2) is 39.1 Å². The minimum atomic E-state index is -0.379. The number of carbonyl (C=O) groups excluding carboxylic acids is 2. The van der Waals surface area contributed by atoms with Crippen LogP contribution in [0.2, 0.25) is 0 Å². The fourth-order valence-electron chi connectivity index (χ4n) is 2.24. The number of hydrogen-bond acceptors (Lipinski definition) is 7. The number of fused-ring (bicyclic) bond motifs is 1. The highest BCUT2D eigenvalue weighted by Gasteiger charge is 2.32. The molecule has 0 fully saturated rings. The van der Waals surface area contributed by atoms with E-state index in [0.29, 0.717) is 16.7 Å². The van der Waals surface area contributed by atoms with Gasteiger partial charge < -0.3 is 14.6 Å². The highest BCUT2D eigenvalue weighted by Crippen LogP contribution is 2.30. The number of nitrogens with zero attached hydrogens (tertiary/aromatic N) is 3. The molecule has 0 aromatic carbocycles. The van der Waals surface area contributed by atoms with E-state index < -0.39 is 0 Å². The van der Waals surface area contributed by atoms with Crippen LogP contribution in [0.4, 0.5) is 0 Å². The third-order valence-corrected chi connectivity index (χ3v) is 4.08. The molecule has 0 aliphatic heterocycles. The molecular weight excluding hydrogens is 376 g/mol. The number of allylic oxidation sites excluding steroid dienone is 2. The number of oxazole rings is 1. The zero-order chi connectivity index (χ0) is 17.3. The van der Waals surface area contributed by atoms with Gasteiger partial charge in [0.15, 0.2) is 5.69 Å². The Kier molecular flexibility index (Phi) is 4.59. The smallest absolute Gasteiger partial charge is 0.231 e. The quantitative estimate of drug-likeness (QED) is 0.779. The van der Waals surface area contributed by atoms with Gasteiger partial charge in [-0.3, -0.25) is 9.59 Å². The predicted molar refractivity (Wildman–Crippen MR) is 90.7 cm³/mol. The lowest BCUT2D eigenvalue weighted by molar-refractivity contribution is 0.0960. The number of pyridine rings is 1. The van der Waals surface area contributed by atoms with Crippen molar-refractivity contribution in [2.45, 2.75) is 0 Å². The summed E-state index contributed by atoms with van der Waals surface area (Å²) in [4.78, 5) is 35.0. The van der Waals surface area contributed by atoms with Gasteiger partial charge in [0, 0.05) is 25.4 Å². The van der Waals surface area contributed by atoms with Crippen molar-refractivity contribution in [3.8, 4) is 11.5 Å². The Morgan fingerprint density at radius 2 is 2.12 bits per heavy atom. The SMILES string of the molecule is CN(C)CCNC1=CC(=O)c2oc(-c3cccnc3Br)nc2C1=O. The molecule has 7 nitrogen and oxygen atoms in total. The predicted octanol–water partition coefficient (Wildman–Crippen LogP) is 1.91. The monoisotopic (exact) mass is 390 g/mol. The Balaban J connectivity index is 1.89. The molecule has 0 bridgehead atoms. The van der Waals surface area contributed by atoms with Crippen molar-refractivity contribution in [1.82, 2.24) is 20.2 Å². The summed E-state index contributed by atoms with van der Waals surface area (Å²) in [5, 5.41) is 2.98. The van der Waals surface area contributed by atoms with E-state index in [4.69, 9.17) is 4.42 Å². The molecule has 124 valence electrons. The number of nitrogens with one attached hydrogen (secondary N) is 1. The number of halogens is 1. The maximum Gasteiger partial charge on any atom is 0.231 e. The number of likely N-dealkylation sites (N-methyl/N-ethyl adjacent to an activating group) is 1. The standard InChI is InChI=1S/C16H15BrN4O3/c1-21(2)7-6-18-10-8-11(22)14-12(13(10)23)20-16(24-14)9-4-3-5-19-15(9)17/h3-5,8,18H,6-7H2,1-2H3. The number of rotatable bonds is 5. The molecule has 0 radical (unpaired) electrons. The molecule has 2 heterocycles. The van der Waals surface area contributed by atoms with E-state index in [9.17, 15) is 9.59 Å². The largest absolute Gasteiger partial charge is 0.432 e. The first kappa shape index (κ1) is 16.5. The van der Waals surface area contributed by atoms with Crippen molar-refractivity contribution in [3.63, 3.8) is 0 Å². The third-order valence-electron chi connectivity index (χ3n) is 3.45. The summed E-state index contributed by atoms with van der Waals surface area (Å²) in [6.45, 7) is 1.28. The average molecular weight is 391 g/mol. The maximum atomic E-state index is 12.5. The second-order valence-electron chi connectivity index (χ2n) is 5.52. The normalized spacial score (nSPS) is 13.9. The van der Waals surface area contributed by atoms with Crippen LogP contribution >= 0.6 is 15.9 Å². The van der Waals surface area contributed by atoms with Crippen molar-refractivity contribution >= 4 is 27.5 Å². The van der Waals surface area contributed by atoms with Crippen LogP contribution in [-0.2, 0) is 0 Å². The lowest BCUT2D eigenvalue weighted by Gasteiger charge is -2.14. The number of Topliss-reactive ketones (excluding diaryl/α,β-unsaturated/α-hetero) is 1. The van der Waals surface area contributed by atoms with Crippen LogP contribution in [0, 0.1) is 0 Å². The van der Waals surface area contributed by atoms with Gasteiger partial charge >= 0.3 is 0 Å². The van der Waals surface area contributed by atoms with Crippen LogP contribution in [-0.4, -0.2) is 53.6 Å². The maximum absolute atomic E-state index is 12.5. The molecule has 1 aliphatic carbocycles. The first-order chi connectivity index (χ1) is 11.5. The van der Waals surface area contributed by atoms with Crippen molar-refractivity contribution in [2.24, 2.45) is 0 Å². The fraction of sp³-hybridized carbons (Fsp3) is 0.250. The van der Waals surface area contributed by atoms with Crippen LogP contribution in [0.1, 0.15) is 21.0 Å². The molecule has 8 heteroatoms. The molecule has 24 heavy (non-hydrogen) atoms. The molecule has 3 rings (SSSR count). The number of hydrogen-bond donors (Lipinski definition) is 1. The summed E-state index contributed by atoms with van der Waals surface area (Å²) in [7, 11) is 3.86. The van der Waals surface area contributed by atoms with Crippen molar-refractivity contribution in [3.05, 3.63) is 46.2 Å². The van der Waals surface area contributed by atoms with Gasteiger partial charge in [0.2, 0.25) is 23.2 Å². The van der Waals surface area contributed by atoms with E-state index in [-0.39, 0.29) is 34.6 Å². The summed E-state index contributed by atoms with van der Waals surface area (Å²) in [6.07, 6.45) is 2.87. The van der Waals surface area contributed by atoms with Gasteiger partial charge in [-0.25, -0.2) is 9.97 Å². The molecule has 1 aliphatic rings. The van der Waals surface area contributed by atoms with Crippen LogP contribution in [0.5, 0.6) is 0 Å². The van der Waals surface area contributed by atoms with Gasteiger partial charge in [-0.2, -0.15) is 0 Å². The zero-order valence-electron chi connectivity index (χ0n) is 13.2. The highest BCUT2D eigenvalue weighted by atomic mass is 79.9. The topological polar surface area (TPSA) is 88.3 Å². The Hall–Kier alpha value is -2.32. The molecule has 2 aromatic heterocycles. The van der Waals surface area contributed by atoms with E-state index in [1.54, 1.807) is 18.3 Å². The van der Waals surface area contributed by atoms with Crippen molar-refractivity contribution < 1.29 is 14.0 Å².